The summed E-state index contributed by atoms with van der Waals surface area (Å²) in [5, 5.41) is 4.59. The minimum Gasteiger partial charge on any atom is -0.398 e. The SMILES string of the molecule is Cc1ccc(N)c(S(=O)Cc2ccn(C3CCCC3)n2)c1. The lowest BCUT2D eigenvalue weighted by Gasteiger charge is -2.09. The lowest BCUT2D eigenvalue weighted by molar-refractivity contribution is 0.464. The van der Waals surface area contributed by atoms with Crippen LogP contribution < -0.4 is 5.73 Å². The molecular formula is C16H21N3OS. The fourth-order valence-electron chi connectivity index (χ4n) is 2.88. The summed E-state index contributed by atoms with van der Waals surface area (Å²) in [6.45, 7) is 1.98. The van der Waals surface area contributed by atoms with Gasteiger partial charge in [0.2, 0.25) is 0 Å². The van der Waals surface area contributed by atoms with Crippen LogP contribution in [0.5, 0.6) is 0 Å². The van der Waals surface area contributed by atoms with E-state index in [1.165, 1.54) is 25.7 Å². The molecule has 0 spiro atoms. The molecule has 1 aliphatic carbocycles. The Bertz CT molecular complexity index is 659. The third-order valence-corrected chi connectivity index (χ3v) is 5.46. The van der Waals surface area contributed by atoms with Crippen molar-refractivity contribution >= 4 is 16.5 Å². The van der Waals surface area contributed by atoms with E-state index in [1.54, 1.807) is 0 Å². The molecule has 3 rings (SSSR count). The van der Waals surface area contributed by atoms with E-state index in [4.69, 9.17) is 5.73 Å². The summed E-state index contributed by atoms with van der Waals surface area (Å²) in [5.41, 5.74) is 8.47. The van der Waals surface area contributed by atoms with Crippen molar-refractivity contribution in [2.75, 3.05) is 5.73 Å². The van der Waals surface area contributed by atoms with E-state index >= 15 is 0 Å². The number of aryl methyl sites for hydroxylation is 1. The highest BCUT2D eigenvalue weighted by molar-refractivity contribution is 7.84. The van der Waals surface area contributed by atoms with Gasteiger partial charge in [-0.05, 0) is 43.5 Å². The van der Waals surface area contributed by atoms with Gasteiger partial charge in [-0.25, -0.2) is 0 Å². The van der Waals surface area contributed by atoms with Gasteiger partial charge in [0.1, 0.15) is 0 Å². The van der Waals surface area contributed by atoms with Crippen molar-refractivity contribution in [3.63, 3.8) is 0 Å². The van der Waals surface area contributed by atoms with Crippen LogP contribution in [0.1, 0.15) is 43.0 Å². The molecule has 1 aromatic heterocycles. The lowest BCUT2D eigenvalue weighted by atomic mass is 10.2. The Labute approximate surface area is 127 Å². The van der Waals surface area contributed by atoms with Crippen molar-refractivity contribution < 1.29 is 4.21 Å². The highest BCUT2D eigenvalue weighted by atomic mass is 32.2. The van der Waals surface area contributed by atoms with Crippen molar-refractivity contribution in [2.45, 2.75) is 49.3 Å². The number of anilines is 1. The second kappa shape index (κ2) is 6.02. The first-order valence-corrected chi connectivity index (χ1v) is 8.74. The van der Waals surface area contributed by atoms with Crippen molar-refractivity contribution in [1.82, 2.24) is 9.78 Å². The van der Waals surface area contributed by atoms with Crippen LogP contribution in [0.2, 0.25) is 0 Å². The molecule has 0 saturated heterocycles. The highest BCUT2D eigenvalue weighted by Gasteiger charge is 2.18. The zero-order valence-corrected chi connectivity index (χ0v) is 13.1. The number of rotatable bonds is 4. The molecule has 112 valence electrons. The number of nitrogens with zero attached hydrogens (tertiary/aromatic N) is 2. The first kappa shape index (κ1) is 14.3. The van der Waals surface area contributed by atoms with E-state index in [0.717, 1.165) is 11.3 Å². The van der Waals surface area contributed by atoms with E-state index < -0.39 is 10.8 Å². The molecule has 1 aliphatic rings. The molecule has 1 atom stereocenters. The number of aromatic nitrogens is 2. The largest absolute Gasteiger partial charge is 0.398 e. The summed E-state index contributed by atoms with van der Waals surface area (Å²) in [6, 6.07) is 8.16. The van der Waals surface area contributed by atoms with E-state index in [0.29, 0.717) is 22.4 Å². The molecule has 1 heterocycles. The van der Waals surface area contributed by atoms with Crippen molar-refractivity contribution in [2.24, 2.45) is 0 Å². The third-order valence-electron chi connectivity index (χ3n) is 4.06. The molecule has 0 amide bonds. The summed E-state index contributed by atoms with van der Waals surface area (Å²) in [4.78, 5) is 0.713. The monoisotopic (exact) mass is 303 g/mol. The van der Waals surface area contributed by atoms with Crippen LogP contribution in [0, 0.1) is 6.92 Å². The molecule has 1 unspecified atom stereocenters. The van der Waals surface area contributed by atoms with Gasteiger partial charge in [-0.15, -0.1) is 0 Å². The number of benzene rings is 1. The Hall–Kier alpha value is -1.62. The molecule has 2 N–H and O–H groups in total. The first-order chi connectivity index (χ1) is 10.1. The summed E-state index contributed by atoms with van der Waals surface area (Å²) in [7, 11) is -1.15. The van der Waals surface area contributed by atoms with Gasteiger partial charge in [-0.3, -0.25) is 8.89 Å². The fraction of sp³-hybridized carbons (Fsp3) is 0.438. The number of hydrogen-bond acceptors (Lipinski definition) is 3. The van der Waals surface area contributed by atoms with Gasteiger partial charge in [0.25, 0.3) is 0 Å². The fourth-order valence-corrected chi connectivity index (χ4v) is 4.10. The van der Waals surface area contributed by atoms with Crippen LogP contribution in [-0.2, 0) is 16.6 Å². The van der Waals surface area contributed by atoms with E-state index in [1.807, 2.05) is 42.1 Å². The zero-order valence-electron chi connectivity index (χ0n) is 12.3. The highest BCUT2D eigenvalue weighted by Crippen LogP contribution is 2.29. The van der Waals surface area contributed by atoms with Crippen molar-refractivity contribution in [1.29, 1.82) is 0 Å². The molecule has 21 heavy (non-hydrogen) atoms. The van der Waals surface area contributed by atoms with Crippen LogP contribution in [-0.4, -0.2) is 14.0 Å². The van der Waals surface area contributed by atoms with E-state index in [2.05, 4.69) is 5.10 Å². The van der Waals surface area contributed by atoms with Gasteiger partial charge >= 0.3 is 0 Å². The Kier molecular flexibility index (Phi) is 4.10. The van der Waals surface area contributed by atoms with Crippen LogP contribution in [0.15, 0.2) is 35.4 Å². The van der Waals surface area contributed by atoms with E-state index in [9.17, 15) is 4.21 Å². The number of nitrogen functional groups attached to an aromatic ring is 1. The molecular weight excluding hydrogens is 282 g/mol. The molecule has 0 aliphatic heterocycles. The van der Waals surface area contributed by atoms with Crippen molar-refractivity contribution in [3.05, 3.63) is 41.7 Å². The Balaban J connectivity index is 1.74. The number of nitrogens with two attached hydrogens (primary N) is 1. The van der Waals surface area contributed by atoms with Gasteiger partial charge < -0.3 is 5.73 Å². The summed E-state index contributed by atoms with van der Waals surface area (Å²) < 4.78 is 14.5. The summed E-state index contributed by atoms with van der Waals surface area (Å²) >= 11 is 0. The van der Waals surface area contributed by atoms with Gasteiger partial charge in [-0.1, -0.05) is 18.9 Å². The molecule has 1 fully saturated rings. The molecule has 5 heteroatoms. The molecule has 1 saturated carbocycles. The van der Waals surface area contributed by atoms with Crippen LogP contribution in [0.3, 0.4) is 0 Å². The van der Waals surface area contributed by atoms with Gasteiger partial charge in [-0.2, -0.15) is 5.10 Å². The lowest BCUT2D eigenvalue weighted by Crippen LogP contribution is -2.07. The van der Waals surface area contributed by atoms with Gasteiger partial charge in [0.05, 0.1) is 33.2 Å². The first-order valence-electron chi connectivity index (χ1n) is 7.42. The maximum absolute atomic E-state index is 12.5. The normalized spacial score (nSPS) is 17.2. The second-order valence-electron chi connectivity index (χ2n) is 5.76. The Morgan fingerprint density at radius 2 is 2.10 bits per heavy atom. The molecule has 0 radical (unpaired) electrons. The maximum atomic E-state index is 12.5. The minimum atomic E-state index is -1.15. The average Bonchev–Trinajstić information content (AvgIpc) is 3.11. The quantitative estimate of drug-likeness (QED) is 0.882. The molecule has 0 bridgehead atoms. The zero-order chi connectivity index (χ0) is 14.8. The molecule has 2 aromatic rings. The Morgan fingerprint density at radius 3 is 2.86 bits per heavy atom. The Morgan fingerprint density at radius 1 is 1.33 bits per heavy atom. The van der Waals surface area contributed by atoms with Gasteiger partial charge in [0.15, 0.2) is 0 Å². The predicted molar refractivity (Wildman–Crippen MR) is 85.4 cm³/mol. The summed E-state index contributed by atoms with van der Waals surface area (Å²) in [5.74, 6) is 0.424. The maximum Gasteiger partial charge on any atom is 0.0753 e. The topological polar surface area (TPSA) is 60.9 Å². The van der Waals surface area contributed by atoms with Crippen LogP contribution in [0.4, 0.5) is 5.69 Å². The second-order valence-corrected chi connectivity index (χ2v) is 7.18. The standard InChI is InChI=1S/C16H21N3OS/c1-12-6-7-15(17)16(10-12)21(20)11-13-8-9-19(18-13)14-4-2-3-5-14/h6-10,14H,2-5,11,17H2,1H3. The van der Waals surface area contributed by atoms with Crippen LogP contribution >= 0.6 is 0 Å². The average molecular weight is 303 g/mol. The molecule has 1 aromatic carbocycles. The van der Waals surface area contributed by atoms with Crippen LogP contribution in [0.25, 0.3) is 0 Å². The third kappa shape index (κ3) is 3.18. The molecule has 4 nitrogen and oxygen atoms in total. The predicted octanol–water partition coefficient (Wildman–Crippen LogP) is 3.20. The summed E-state index contributed by atoms with van der Waals surface area (Å²) in [6.07, 6.45) is 6.99. The van der Waals surface area contributed by atoms with Gasteiger partial charge in [0, 0.05) is 11.9 Å². The minimum absolute atomic E-state index is 0.424. The number of hydrogen-bond donors (Lipinski definition) is 1. The smallest absolute Gasteiger partial charge is 0.0753 e. The van der Waals surface area contributed by atoms with Crippen molar-refractivity contribution in [3.8, 4) is 0 Å². The van der Waals surface area contributed by atoms with E-state index in [-0.39, 0.29) is 0 Å².